The Kier molecular flexibility index (Phi) is 4.28. The molecular formula is C19H21N5O2. The molecule has 2 N–H and O–H groups in total. The fourth-order valence-corrected chi connectivity index (χ4v) is 3.60. The lowest BCUT2D eigenvalue weighted by molar-refractivity contribution is 0.0779. The molecule has 0 unspecified atom stereocenters. The normalized spacial score (nSPS) is 14.0. The second kappa shape index (κ2) is 6.74. The van der Waals surface area contributed by atoms with Crippen molar-refractivity contribution >= 4 is 16.8 Å². The highest BCUT2D eigenvalue weighted by molar-refractivity contribution is 6.03. The highest BCUT2D eigenvalue weighted by Crippen LogP contribution is 2.23. The molecule has 0 radical (unpaired) electrons. The Hall–Kier alpha value is -2.96. The van der Waals surface area contributed by atoms with E-state index in [1.165, 1.54) is 24.1 Å². The fraction of sp³-hybridized carbons (Fsp3) is 0.368. The first-order chi connectivity index (χ1) is 12.6. The Morgan fingerprint density at radius 2 is 2.00 bits per heavy atom. The molecule has 1 aliphatic rings. The van der Waals surface area contributed by atoms with Crippen molar-refractivity contribution in [2.75, 3.05) is 7.05 Å². The van der Waals surface area contributed by atoms with Gasteiger partial charge in [0.1, 0.15) is 5.69 Å². The van der Waals surface area contributed by atoms with E-state index in [4.69, 9.17) is 0 Å². The third-order valence-corrected chi connectivity index (χ3v) is 4.97. The zero-order valence-corrected chi connectivity index (χ0v) is 14.7. The average molecular weight is 351 g/mol. The van der Waals surface area contributed by atoms with Gasteiger partial charge in [0.15, 0.2) is 0 Å². The molecular weight excluding hydrogens is 330 g/mol. The number of nitrogens with one attached hydrogen (secondary N) is 2. The van der Waals surface area contributed by atoms with Gasteiger partial charge in [-0.2, -0.15) is 10.1 Å². The van der Waals surface area contributed by atoms with Gasteiger partial charge >= 0.3 is 5.69 Å². The number of nitrogens with zero attached hydrogens (tertiary/aromatic N) is 3. The molecule has 1 aliphatic carbocycles. The van der Waals surface area contributed by atoms with Crippen LogP contribution in [0.1, 0.15) is 46.7 Å². The Labute approximate surface area is 150 Å². The molecule has 4 rings (SSSR count). The molecule has 134 valence electrons. The maximum absolute atomic E-state index is 12.9. The van der Waals surface area contributed by atoms with E-state index in [2.05, 4.69) is 20.2 Å². The van der Waals surface area contributed by atoms with E-state index in [1.807, 2.05) is 12.1 Å². The van der Waals surface area contributed by atoms with Crippen molar-refractivity contribution in [3.63, 3.8) is 0 Å². The monoisotopic (exact) mass is 351 g/mol. The average Bonchev–Trinajstić information content (AvgIpc) is 2.87. The summed E-state index contributed by atoms with van der Waals surface area (Å²) in [6.07, 6.45) is 5.55. The number of rotatable bonds is 3. The number of hydrogen-bond donors (Lipinski definition) is 2. The van der Waals surface area contributed by atoms with E-state index >= 15 is 0 Å². The number of fused-ring (bicyclic) bond motifs is 2. The Bertz CT molecular complexity index is 1020. The van der Waals surface area contributed by atoms with Gasteiger partial charge in [0, 0.05) is 18.1 Å². The second-order valence-electron chi connectivity index (χ2n) is 6.79. The molecule has 1 amide bonds. The van der Waals surface area contributed by atoms with Crippen LogP contribution in [0, 0.1) is 0 Å². The SMILES string of the molecule is CN(Cc1n[nH]c2c1CCCCC2)C(=O)c1nc(=O)[nH]c2ccccc12. The third kappa shape index (κ3) is 3.00. The molecule has 0 aliphatic heterocycles. The van der Waals surface area contributed by atoms with E-state index < -0.39 is 5.69 Å². The number of H-pyrrole nitrogens is 2. The molecule has 0 saturated carbocycles. The zero-order valence-electron chi connectivity index (χ0n) is 14.7. The molecule has 7 heteroatoms. The highest BCUT2D eigenvalue weighted by atomic mass is 16.2. The topological polar surface area (TPSA) is 94.7 Å². The Morgan fingerprint density at radius 3 is 2.88 bits per heavy atom. The summed E-state index contributed by atoms with van der Waals surface area (Å²) >= 11 is 0. The van der Waals surface area contributed by atoms with E-state index in [-0.39, 0.29) is 11.6 Å². The number of carbonyl (C=O) groups is 1. The summed E-state index contributed by atoms with van der Waals surface area (Å²) in [6, 6.07) is 7.20. The van der Waals surface area contributed by atoms with Crippen LogP contribution in [-0.4, -0.2) is 38.0 Å². The van der Waals surface area contributed by atoms with Crippen LogP contribution in [0.4, 0.5) is 0 Å². The van der Waals surface area contributed by atoms with Gasteiger partial charge in [-0.15, -0.1) is 0 Å². The molecule has 3 aromatic rings. The summed E-state index contributed by atoms with van der Waals surface area (Å²) < 4.78 is 0. The maximum atomic E-state index is 12.9. The smallest absolute Gasteiger partial charge is 0.334 e. The molecule has 0 saturated heterocycles. The minimum Gasteiger partial charge on any atom is -0.334 e. The molecule has 0 atom stereocenters. The maximum Gasteiger partial charge on any atom is 0.346 e. The molecule has 0 fully saturated rings. The minimum absolute atomic E-state index is 0.175. The highest BCUT2D eigenvalue weighted by Gasteiger charge is 2.21. The van der Waals surface area contributed by atoms with Crippen LogP contribution < -0.4 is 5.69 Å². The van der Waals surface area contributed by atoms with Crippen LogP contribution in [0.15, 0.2) is 29.1 Å². The number of carbonyl (C=O) groups excluding carboxylic acids is 1. The van der Waals surface area contributed by atoms with Gasteiger partial charge in [0.05, 0.1) is 17.8 Å². The summed E-state index contributed by atoms with van der Waals surface area (Å²) in [7, 11) is 1.72. The largest absolute Gasteiger partial charge is 0.346 e. The summed E-state index contributed by atoms with van der Waals surface area (Å²) in [5, 5.41) is 8.20. The molecule has 2 aromatic heterocycles. The van der Waals surface area contributed by atoms with Gasteiger partial charge in [-0.3, -0.25) is 9.89 Å². The lowest BCUT2D eigenvalue weighted by Gasteiger charge is -2.17. The van der Waals surface area contributed by atoms with Crippen molar-refractivity contribution in [3.8, 4) is 0 Å². The molecule has 1 aromatic carbocycles. The Morgan fingerprint density at radius 1 is 1.19 bits per heavy atom. The molecule has 0 spiro atoms. The van der Waals surface area contributed by atoms with Crippen molar-refractivity contribution < 1.29 is 4.79 Å². The van der Waals surface area contributed by atoms with Gasteiger partial charge in [-0.05, 0) is 37.3 Å². The van der Waals surface area contributed by atoms with Crippen LogP contribution in [0.3, 0.4) is 0 Å². The van der Waals surface area contributed by atoms with Gasteiger partial charge in [0.25, 0.3) is 5.91 Å². The van der Waals surface area contributed by atoms with Crippen molar-refractivity contribution in [1.29, 1.82) is 0 Å². The number of para-hydroxylation sites is 1. The first kappa shape index (κ1) is 16.5. The van der Waals surface area contributed by atoms with Crippen molar-refractivity contribution in [2.24, 2.45) is 0 Å². The lowest BCUT2D eigenvalue weighted by atomic mass is 10.1. The number of aryl methyl sites for hydroxylation is 1. The predicted molar refractivity (Wildman–Crippen MR) is 98.0 cm³/mol. The predicted octanol–water partition coefficient (Wildman–Crippen LogP) is 2.19. The van der Waals surface area contributed by atoms with Gasteiger partial charge in [0.2, 0.25) is 0 Å². The second-order valence-corrected chi connectivity index (χ2v) is 6.79. The molecule has 26 heavy (non-hydrogen) atoms. The number of aromatic nitrogens is 4. The summed E-state index contributed by atoms with van der Waals surface area (Å²) in [4.78, 5) is 32.9. The van der Waals surface area contributed by atoms with E-state index in [9.17, 15) is 9.59 Å². The first-order valence-electron chi connectivity index (χ1n) is 8.93. The summed E-state index contributed by atoms with van der Waals surface area (Å²) in [5.41, 5.74) is 3.61. The van der Waals surface area contributed by atoms with Gasteiger partial charge in [-0.1, -0.05) is 24.6 Å². The van der Waals surface area contributed by atoms with Crippen molar-refractivity contribution in [1.82, 2.24) is 25.1 Å². The van der Waals surface area contributed by atoms with Gasteiger partial charge < -0.3 is 9.88 Å². The molecule has 0 bridgehead atoms. The van der Waals surface area contributed by atoms with Crippen LogP contribution in [0.2, 0.25) is 0 Å². The van der Waals surface area contributed by atoms with Crippen LogP contribution in [-0.2, 0) is 19.4 Å². The molecule has 7 nitrogen and oxygen atoms in total. The number of amides is 1. The quantitative estimate of drug-likeness (QED) is 0.707. The van der Waals surface area contributed by atoms with Gasteiger partial charge in [-0.25, -0.2) is 4.79 Å². The number of hydrogen-bond acceptors (Lipinski definition) is 4. The number of aromatic amines is 2. The number of benzene rings is 1. The van der Waals surface area contributed by atoms with E-state index in [0.29, 0.717) is 17.4 Å². The van der Waals surface area contributed by atoms with Crippen molar-refractivity contribution in [2.45, 2.75) is 38.6 Å². The van der Waals surface area contributed by atoms with Crippen LogP contribution in [0.25, 0.3) is 10.9 Å². The first-order valence-corrected chi connectivity index (χ1v) is 8.93. The standard InChI is InChI=1S/C19H21N5O2/c1-24(11-16-12-7-3-2-4-10-15(12)22-23-16)18(25)17-13-8-5-6-9-14(13)20-19(26)21-17/h5-6,8-9H,2-4,7,10-11H2,1H3,(H,22,23)(H,20,21,26). The van der Waals surface area contributed by atoms with E-state index in [1.54, 1.807) is 24.1 Å². The fourth-order valence-electron chi connectivity index (χ4n) is 3.60. The van der Waals surface area contributed by atoms with E-state index in [0.717, 1.165) is 25.0 Å². The Balaban J connectivity index is 1.64. The van der Waals surface area contributed by atoms with Crippen LogP contribution >= 0.6 is 0 Å². The lowest BCUT2D eigenvalue weighted by Crippen LogP contribution is -2.30. The molecule has 2 heterocycles. The summed E-state index contributed by atoms with van der Waals surface area (Å²) in [6.45, 7) is 0.396. The zero-order chi connectivity index (χ0) is 18.1. The third-order valence-electron chi connectivity index (χ3n) is 4.97. The van der Waals surface area contributed by atoms with Crippen molar-refractivity contribution in [3.05, 3.63) is 57.4 Å². The van der Waals surface area contributed by atoms with Crippen LogP contribution in [0.5, 0.6) is 0 Å². The summed E-state index contributed by atoms with van der Waals surface area (Å²) in [5.74, 6) is -0.280. The minimum atomic E-state index is -0.519.